The van der Waals surface area contributed by atoms with Crippen LogP contribution in [0.1, 0.15) is 21.5 Å². The van der Waals surface area contributed by atoms with Crippen molar-refractivity contribution in [2.24, 2.45) is 0 Å². The second-order valence-corrected chi connectivity index (χ2v) is 11.3. The maximum atomic E-state index is 13.5. The van der Waals surface area contributed by atoms with Gasteiger partial charge in [0.15, 0.2) is 0 Å². The zero-order valence-corrected chi connectivity index (χ0v) is 25.6. The van der Waals surface area contributed by atoms with E-state index in [0.717, 1.165) is 38.8 Å². The number of rotatable bonds is 11. The van der Waals surface area contributed by atoms with E-state index in [-0.39, 0.29) is 12.0 Å². The SMILES string of the molecule is O=C(N[C@@H](Cc1ccc(-c2ccccc2Oc2ccccc2)cc1)C(=O)O)c1cc(Cl)ccc1NCc1cccc2ccccc12. The average Bonchev–Trinajstić information content (AvgIpc) is 3.08. The van der Waals surface area contributed by atoms with E-state index in [2.05, 4.69) is 28.8 Å². The predicted molar refractivity (Wildman–Crippen MR) is 184 cm³/mol. The Hall–Kier alpha value is -5.59. The van der Waals surface area contributed by atoms with Crippen LogP contribution in [0.25, 0.3) is 21.9 Å². The van der Waals surface area contributed by atoms with Crippen molar-refractivity contribution in [1.29, 1.82) is 0 Å². The number of fused-ring (bicyclic) bond motifs is 1. The minimum atomic E-state index is -1.16. The third kappa shape index (κ3) is 7.20. The lowest BCUT2D eigenvalue weighted by Gasteiger charge is -2.18. The number of carbonyl (C=O) groups is 2. The molecule has 1 amide bonds. The Balaban J connectivity index is 1.16. The summed E-state index contributed by atoms with van der Waals surface area (Å²) in [6.45, 7) is 0.470. The summed E-state index contributed by atoms with van der Waals surface area (Å²) in [6.07, 6.45) is 0.100. The van der Waals surface area contributed by atoms with Gasteiger partial charge in [-0.1, -0.05) is 115 Å². The van der Waals surface area contributed by atoms with Crippen LogP contribution in [0.3, 0.4) is 0 Å². The lowest BCUT2D eigenvalue weighted by molar-refractivity contribution is -0.139. The van der Waals surface area contributed by atoms with Crippen molar-refractivity contribution in [1.82, 2.24) is 5.32 Å². The van der Waals surface area contributed by atoms with Crippen molar-refractivity contribution < 1.29 is 19.4 Å². The number of para-hydroxylation sites is 2. The van der Waals surface area contributed by atoms with E-state index in [0.29, 0.717) is 23.0 Å². The summed E-state index contributed by atoms with van der Waals surface area (Å²) in [4.78, 5) is 25.8. The van der Waals surface area contributed by atoms with Crippen molar-refractivity contribution in [3.05, 3.63) is 161 Å². The number of carboxylic acids is 1. The smallest absolute Gasteiger partial charge is 0.326 e. The molecule has 0 unspecified atom stereocenters. The van der Waals surface area contributed by atoms with Crippen molar-refractivity contribution in [2.45, 2.75) is 19.0 Å². The molecule has 7 heteroatoms. The highest BCUT2D eigenvalue weighted by Gasteiger charge is 2.23. The van der Waals surface area contributed by atoms with Crippen LogP contribution in [0.4, 0.5) is 5.69 Å². The highest BCUT2D eigenvalue weighted by atomic mass is 35.5. The summed E-state index contributed by atoms with van der Waals surface area (Å²) in [5.74, 6) is -0.216. The number of carbonyl (C=O) groups excluding carboxylic acids is 1. The van der Waals surface area contributed by atoms with Gasteiger partial charge in [-0.05, 0) is 63.9 Å². The quantitative estimate of drug-likeness (QED) is 0.134. The normalized spacial score (nSPS) is 11.5. The van der Waals surface area contributed by atoms with Crippen molar-refractivity contribution in [3.8, 4) is 22.6 Å². The van der Waals surface area contributed by atoms with E-state index in [9.17, 15) is 14.7 Å². The Morgan fingerprint density at radius 3 is 2.28 bits per heavy atom. The van der Waals surface area contributed by atoms with E-state index in [1.54, 1.807) is 18.2 Å². The molecule has 0 aliphatic heterocycles. The number of ether oxygens (including phenoxy) is 1. The Morgan fingerprint density at radius 1 is 0.761 bits per heavy atom. The summed E-state index contributed by atoms with van der Waals surface area (Å²) < 4.78 is 6.12. The van der Waals surface area contributed by atoms with Crippen LogP contribution in [0, 0.1) is 0 Å². The Kier molecular flexibility index (Phi) is 9.27. The maximum absolute atomic E-state index is 13.5. The standard InChI is InChI=1S/C39H31ClN2O4/c40-30-21-22-35(41-25-29-11-8-10-27-9-4-5-14-32(27)29)34(24-30)38(43)42-36(39(44)45)23-26-17-19-28(20-18-26)33-15-6-7-16-37(33)46-31-12-2-1-3-13-31/h1-22,24,36,41H,23,25H2,(H,42,43)(H,44,45)/t36-/m0/s1. The van der Waals surface area contributed by atoms with Crippen molar-refractivity contribution >= 4 is 39.9 Å². The van der Waals surface area contributed by atoms with E-state index < -0.39 is 17.9 Å². The summed E-state index contributed by atoms with van der Waals surface area (Å²) in [6, 6.07) is 42.9. The number of nitrogens with one attached hydrogen (secondary N) is 2. The second-order valence-electron chi connectivity index (χ2n) is 10.9. The molecule has 6 aromatic carbocycles. The van der Waals surface area contributed by atoms with Crippen LogP contribution in [0.5, 0.6) is 11.5 Å². The molecule has 0 saturated carbocycles. The zero-order chi connectivity index (χ0) is 31.9. The molecular formula is C39H31ClN2O4. The van der Waals surface area contributed by atoms with Crippen LogP contribution in [0.15, 0.2) is 140 Å². The van der Waals surface area contributed by atoms with Gasteiger partial charge in [0.2, 0.25) is 0 Å². The molecule has 0 heterocycles. The minimum absolute atomic E-state index is 0.100. The fraction of sp³-hybridized carbons (Fsp3) is 0.0769. The van der Waals surface area contributed by atoms with Gasteiger partial charge in [-0.15, -0.1) is 0 Å². The molecule has 46 heavy (non-hydrogen) atoms. The molecule has 1 atom stereocenters. The highest BCUT2D eigenvalue weighted by Crippen LogP contribution is 2.33. The van der Waals surface area contributed by atoms with E-state index >= 15 is 0 Å². The Morgan fingerprint density at radius 2 is 1.48 bits per heavy atom. The first-order chi connectivity index (χ1) is 22.4. The molecule has 0 fully saturated rings. The third-order valence-electron chi connectivity index (χ3n) is 7.74. The van der Waals surface area contributed by atoms with E-state index in [1.807, 2.05) is 103 Å². The topological polar surface area (TPSA) is 87.7 Å². The van der Waals surface area contributed by atoms with Gasteiger partial charge in [-0.2, -0.15) is 0 Å². The number of aliphatic carboxylic acids is 1. The summed E-state index contributed by atoms with van der Waals surface area (Å²) >= 11 is 6.27. The molecule has 0 aliphatic carbocycles. The predicted octanol–water partition coefficient (Wildman–Crippen LogP) is 8.99. The Bertz CT molecular complexity index is 1990. The number of carboxylic acid groups (broad SMARTS) is 1. The molecule has 0 aromatic heterocycles. The number of hydrogen-bond acceptors (Lipinski definition) is 4. The molecule has 0 aliphatic rings. The van der Waals surface area contributed by atoms with Crippen LogP contribution in [0.2, 0.25) is 5.02 Å². The number of benzene rings is 6. The van der Waals surface area contributed by atoms with Gasteiger partial charge in [-0.3, -0.25) is 4.79 Å². The molecule has 6 nitrogen and oxygen atoms in total. The summed E-state index contributed by atoms with van der Waals surface area (Å²) in [5.41, 5.74) is 4.49. The fourth-order valence-electron chi connectivity index (χ4n) is 5.40. The summed E-state index contributed by atoms with van der Waals surface area (Å²) in [7, 11) is 0. The summed E-state index contributed by atoms with van der Waals surface area (Å²) in [5, 5.41) is 18.7. The molecule has 6 rings (SSSR count). The van der Waals surface area contributed by atoms with Gasteiger partial charge in [0.1, 0.15) is 17.5 Å². The van der Waals surface area contributed by atoms with Gasteiger partial charge in [0.25, 0.3) is 5.91 Å². The lowest BCUT2D eigenvalue weighted by atomic mass is 9.99. The van der Waals surface area contributed by atoms with E-state index in [4.69, 9.17) is 16.3 Å². The van der Waals surface area contributed by atoms with Crippen LogP contribution in [-0.4, -0.2) is 23.0 Å². The van der Waals surface area contributed by atoms with Crippen molar-refractivity contribution in [2.75, 3.05) is 5.32 Å². The molecular weight excluding hydrogens is 596 g/mol. The van der Waals surface area contributed by atoms with Gasteiger partial charge >= 0.3 is 5.97 Å². The molecule has 6 aromatic rings. The van der Waals surface area contributed by atoms with Crippen LogP contribution in [-0.2, 0) is 17.8 Å². The molecule has 0 radical (unpaired) electrons. The van der Waals surface area contributed by atoms with Crippen LogP contribution >= 0.6 is 11.6 Å². The second kappa shape index (κ2) is 14.0. The first kappa shape index (κ1) is 30.4. The first-order valence-corrected chi connectivity index (χ1v) is 15.3. The average molecular weight is 627 g/mol. The molecule has 0 bridgehead atoms. The number of halogens is 1. The maximum Gasteiger partial charge on any atom is 0.326 e. The van der Waals surface area contributed by atoms with Crippen LogP contribution < -0.4 is 15.4 Å². The van der Waals surface area contributed by atoms with Gasteiger partial charge in [0.05, 0.1) is 5.56 Å². The third-order valence-corrected chi connectivity index (χ3v) is 7.98. The zero-order valence-electron chi connectivity index (χ0n) is 24.8. The van der Waals surface area contributed by atoms with E-state index in [1.165, 1.54) is 0 Å². The number of amides is 1. The van der Waals surface area contributed by atoms with Gasteiger partial charge < -0.3 is 20.5 Å². The Labute approximate surface area is 272 Å². The van der Waals surface area contributed by atoms with Crippen molar-refractivity contribution in [3.63, 3.8) is 0 Å². The number of hydrogen-bond donors (Lipinski definition) is 3. The number of anilines is 1. The monoisotopic (exact) mass is 626 g/mol. The molecule has 0 saturated heterocycles. The van der Waals surface area contributed by atoms with Gasteiger partial charge in [0, 0.05) is 29.2 Å². The van der Waals surface area contributed by atoms with Gasteiger partial charge in [-0.25, -0.2) is 4.79 Å². The molecule has 0 spiro atoms. The lowest BCUT2D eigenvalue weighted by Crippen LogP contribution is -2.42. The molecule has 228 valence electrons. The first-order valence-electron chi connectivity index (χ1n) is 14.9. The minimum Gasteiger partial charge on any atom is -0.480 e. The molecule has 3 N–H and O–H groups in total. The fourth-order valence-corrected chi connectivity index (χ4v) is 5.57. The largest absolute Gasteiger partial charge is 0.480 e. The highest BCUT2D eigenvalue weighted by molar-refractivity contribution is 6.31.